The first kappa shape index (κ1) is 20.5. The van der Waals surface area contributed by atoms with Gasteiger partial charge >= 0.3 is 5.69 Å². The van der Waals surface area contributed by atoms with Crippen LogP contribution in [-0.2, 0) is 13.6 Å². The van der Waals surface area contributed by atoms with Crippen molar-refractivity contribution in [3.63, 3.8) is 0 Å². The highest BCUT2D eigenvalue weighted by Gasteiger charge is 2.17. The van der Waals surface area contributed by atoms with Crippen LogP contribution in [0.4, 0.5) is 0 Å². The van der Waals surface area contributed by atoms with E-state index < -0.39 is 11.2 Å². The number of hydrogen-bond donors (Lipinski definition) is 0. The van der Waals surface area contributed by atoms with Gasteiger partial charge in [-0.2, -0.15) is 0 Å². The Labute approximate surface area is 178 Å². The number of benzene rings is 1. The van der Waals surface area contributed by atoms with Gasteiger partial charge in [0.2, 0.25) is 5.89 Å². The summed E-state index contributed by atoms with van der Waals surface area (Å²) in [6.07, 6.45) is 1.52. The molecule has 0 bridgehead atoms. The monoisotopic (exact) mass is 421 g/mol. The average Bonchev–Trinajstić information content (AvgIpc) is 3.10. The summed E-state index contributed by atoms with van der Waals surface area (Å²) < 4.78 is 13.9. The number of nitrogens with zero attached hydrogens (tertiary/aromatic N) is 5. The highest BCUT2D eigenvalue weighted by molar-refractivity contribution is 5.72. The van der Waals surface area contributed by atoms with Crippen LogP contribution in [0.3, 0.4) is 0 Å². The summed E-state index contributed by atoms with van der Waals surface area (Å²) in [5.74, 6) is 2.19. The van der Waals surface area contributed by atoms with E-state index in [0.717, 1.165) is 15.9 Å². The van der Waals surface area contributed by atoms with Gasteiger partial charge in [0, 0.05) is 18.8 Å². The molecule has 1 aromatic carbocycles. The SMILES string of the molecule is Cc1ncc2c(=O)n(Cc3nc(-c4ccc(OC(C)C)cc4)oc3C)c(=O)n(C)c2n1. The predicted molar refractivity (Wildman–Crippen MR) is 115 cm³/mol. The van der Waals surface area contributed by atoms with Crippen LogP contribution in [0, 0.1) is 13.8 Å². The van der Waals surface area contributed by atoms with Crippen LogP contribution in [0.5, 0.6) is 5.75 Å². The Morgan fingerprint density at radius 2 is 1.81 bits per heavy atom. The van der Waals surface area contributed by atoms with E-state index in [1.165, 1.54) is 10.8 Å². The maximum absolute atomic E-state index is 12.9. The molecule has 9 nitrogen and oxygen atoms in total. The number of aryl methyl sites for hydroxylation is 3. The molecule has 0 atom stereocenters. The molecule has 0 spiro atoms. The van der Waals surface area contributed by atoms with Gasteiger partial charge in [-0.15, -0.1) is 0 Å². The zero-order valence-corrected chi connectivity index (χ0v) is 18.0. The highest BCUT2D eigenvalue weighted by atomic mass is 16.5. The summed E-state index contributed by atoms with van der Waals surface area (Å²) in [6, 6.07) is 7.40. The topological polar surface area (TPSA) is 105 Å². The minimum absolute atomic E-state index is 0.0147. The van der Waals surface area contributed by atoms with Crippen molar-refractivity contribution in [2.75, 3.05) is 0 Å². The van der Waals surface area contributed by atoms with E-state index in [9.17, 15) is 9.59 Å². The molecule has 0 saturated carbocycles. The van der Waals surface area contributed by atoms with Gasteiger partial charge in [-0.3, -0.25) is 13.9 Å². The minimum Gasteiger partial charge on any atom is -0.491 e. The molecule has 160 valence electrons. The van der Waals surface area contributed by atoms with Crippen molar-refractivity contribution in [2.45, 2.75) is 40.3 Å². The molecule has 0 N–H and O–H groups in total. The number of ether oxygens (including phenoxy) is 1. The van der Waals surface area contributed by atoms with E-state index in [2.05, 4.69) is 15.0 Å². The van der Waals surface area contributed by atoms with Gasteiger partial charge < -0.3 is 9.15 Å². The lowest BCUT2D eigenvalue weighted by molar-refractivity contribution is 0.242. The Balaban J connectivity index is 1.71. The Kier molecular flexibility index (Phi) is 5.18. The molecule has 3 heterocycles. The van der Waals surface area contributed by atoms with Crippen LogP contribution < -0.4 is 16.0 Å². The zero-order valence-electron chi connectivity index (χ0n) is 18.0. The van der Waals surface area contributed by atoms with Gasteiger partial charge in [-0.05, 0) is 52.0 Å². The molecule has 0 aliphatic heterocycles. The summed E-state index contributed by atoms with van der Waals surface area (Å²) in [7, 11) is 1.58. The summed E-state index contributed by atoms with van der Waals surface area (Å²) in [5.41, 5.74) is 0.643. The molecular weight excluding hydrogens is 398 g/mol. The van der Waals surface area contributed by atoms with Crippen LogP contribution >= 0.6 is 0 Å². The fourth-order valence-corrected chi connectivity index (χ4v) is 3.30. The fourth-order valence-electron chi connectivity index (χ4n) is 3.30. The summed E-state index contributed by atoms with van der Waals surface area (Å²) in [4.78, 5) is 38.6. The van der Waals surface area contributed by atoms with Crippen LogP contribution in [0.1, 0.15) is 31.1 Å². The van der Waals surface area contributed by atoms with Crippen LogP contribution in [-0.4, -0.2) is 30.2 Å². The number of oxazole rings is 1. The quantitative estimate of drug-likeness (QED) is 0.488. The fraction of sp³-hybridized carbons (Fsp3) is 0.318. The highest BCUT2D eigenvalue weighted by Crippen LogP contribution is 2.24. The van der Waals surface area contributed by atoms with Gasteiger partial charge in [0.1, 0.15) is 28.4 Å². The molecule has 9 heteroatoms. The lowest BCUT2D eigenvalue weighted by Gasteiger charge is -2.09. The minimum atomic E-state index is -0.477. The van der Waals surface area contributed by atoms with Crippen LogP contribution in [0.15, 0.2) is 44.5 Å². The lowest BCUT2D eigenvalue weighted by Crippen LogP contribution is -2.40. The second-order valence-electron chi connectivity index (χ2n) is 7.60. The normalized spacial score (nSPS) is 11.4. The maximum Gasteiger partial charge on any atom is 0.332 e. The molecule has 0 saturated heterocycles. The van der Waals surface area contributed by atoms with Crippen molar-refractivity contribution in [3.05, 3.63) is 68.6 Å². The first-order valence-electron chi connectivity index (χ1n) is 9.91. The molecule has 0 amide bonds. The molecule has 0 unspecified atom stereocenters. The molecule has 0 radical (unpaired) electrons. The summed E-state index contributed by atoms with van der Waals surface area (Å²) in [6.45, 7) is 7.37. The number of hydrogen-bond acceptors (Lipinski definition) is 7. The van der Waals surface area contributed by atoms with Crippen molar-refractivity contribution < 1.29 is 9.15 Å². The van der Waals surface area contributed by atoms with Crippen molar-refractivity contribution in [1.29, 1.82) is 0 Å². The maximum atomic E-state index is 12.9. The van der Waals surface area contributed by atoms with E-state index in [1.54, 1.807) is 20.9 Å². The Morgan fingerprint density at radius 3 is 2.48 bits per heavy atom. The molecule has 31 heavy (non-hydrogen) atoms. The second-order valence-corrected chi connectivity index (χ2v) is 7.60. The van der Waals surface area contributed by atoms with E-state index in [4.69, 9.17) is 9.15 Å². The van der Waals surface area contributed by atoms with Crippen molar-refractivity contribution in [3.8, 4) is 17.2 Å². The standard InChI is InChI=1S/C22H23N5O4/c1-12(2)30-16-8-6-15(7-9-16)20-25-18(13(3)31-20)11-27-21(28)17-10-23-14(4)24-19(17)26(5)22(27)29/h6-10,12H,11H2,1-5H3. The molecule has 3 aromatic heterocycles. The average molecular weight is 421 g/mol. The van der Waals surface area contributed by atoms with E-state index in [0.29, 0.717) is 28.8 Å². The number of rotatable bonds is 5. The first-order chi connectivity index (χ1) is 14.7. The van der Waals surface area contributed by atoms with Crippen molar-refractivity contribution >= 4 is 11.0 Å². The van der Waals surface area contributed by atoms with Gasteiger partial charge in [0.25, 0.3) is 5.56 Å². The van der Waals surface area contributed by atoms with E-state index in [1.807, 2.05) is 38.1 Å². The predicted octanol–water partition coefficient (Wildman–Crippen LogP) is 2.60. The number of fused-ring (bicyclic) bond motifs is 1. The Bertz CT molecular complexity index is 1380. The second kappa shape index (κ2) is 7.82. The van der Waals surface area contributed by atoms with Crippen LogP contribution in [0.25, 0.3) is 22.5 Å². The first-order valence-corrected chi connectivity index (χ1v) is 9.91. The van der Waals surface area contributed by atoms with Gasteiger partial charge in [0.05, 0.1) is 12.6 Å². The summed E-state index contributed by atoms with van der Waals surface area (Å²) >= 11 is 0. The molecule has 4 rings (SSSR count). The van der Waals surface area contributed by atoms with Gasteiger partial charge in [-0.1, -0.05) is 0 Å². The largest absolute Gasteiger partial charge is 0.491 e. The Morgan fingerprint density at radius 1 is 1.10 bits per heavy atom. The third-order valence-electron chi connectivity index (χ3n) is 4.87. The molecule has 0 aliphatic carbocycles. The van der Waals surface area contributed by atoms with E-state index in [-0.39, 0.29) is 18.0 Å². The third-order valence-corrected chi connectivity index (χ3v) is 4.87. The lowest BCUT2D eigenvalue weighted by atomic mass is 10.2. The Hall–Kier alpha value is -3.75. The third kappa shape index (κ3) is 3.86. The molecule has 0 aliphatic rings. The van der Waals surface area contributed by atoms with E-state index >= 15 is 0 Å². The molecule has 0 fully saturated rings. The molecular formula is C22H23N5O4. The van der Waals surface area contributed by atoms with Crippen molar-refractivity contribution in [2.24, 2.45) is 7.05 Å². The molecule has 4 aromatic rings. The smallest absolute Gasteiger partial charge is 0.332 e. The zero-order chi connectivity index (χ0) is 22.3. The van der Waals surface area contributed by atoms with Gasteiger partial charge in [-0.25, -0.2) is 19.7 Å². The van der Waals surface area contributed by atoms with Crippen LogP contribution in [0.2, 0.25) is 0 Å². The van der Waals surface area contributed by atoms with Crippen molar-refractivity contribution in [1.82, 2.24) is 24.1 Å². The number of aromatic nitrogens is 5. The van der Waals surface area contributed by atoms with Gasteiger partial charge in [0.15, 0.2) is 5.65 Å². The summed E-state index contributed by atoms with van der Waals surface area (Å²) in [5, 5.41) is 0.273.